The lowest BCUT2D eigenvalue weighted by atomic mass is 9.88. The zero-order valence-corrected chi connectivity index (χ0v) is 10.9. The van der Waals surface area contributed by atoms with Crippen molar-refractivity contribution in [2.24, 2.45) is 0 Å². The summed E-state index contributed by atoms with van der Waals surface area (Å²) in [6.45, 7) is 0.302. The number of benzene rings is 2. The Morgan fingerprint density at radius 3 is 2.45 bits per heavy atom. The fourth-order valence-corrected chi connectivity index (χ4v) is 2.48. The predicted molar refractivity (Wildman–Crippen MR) is 72.5 cm³/mol. The zero-order valence-electron chi connectivity index (χ0n) is 10.9. The number of fused-ring (bicyclic) bond motifs is 1. The molecule has 3 nitrogen and oxygen atoms in total. The van der Waals surface area contributed by atoms with Gasteiger partial charge in [-0.25, -0.2) is 4.39 Å². The summed E-state index contributed by atoms with van der Waals surface area (Å²) in [5.74, 6) is 1.19. The van der Waals surface area contributed by atoms with Gasteiger partial charge in [0, 0.05) is 12.5 Å². The molecule has 1 heterocycles. The molecule has 1 aliphatic rings. The molecule has 3 rings (SSSR count). The highest BCUT2D eigenvalue weighted by molar-refractivity contribution is 5.47. The van der Waals surface area contributed by atoms with Gasteiger partial charge in [-0.2, -0.15) is 0 Å². The van der Waals surface area contributed by atoms with Crippen LogP contribution in [0.2, 0.25) is 0 Å². The number of halogens is 1. The maximum absolute atomic E-state index is 13.0. The summed E-state index contributed by atoms with van der Waals surface area (Å²) in [4.78, 5) is 0. The average Bonchev–Trinajstić information content (AvgIpc) is 2.93. The van der Waals surface area contributed by atoms with Crippen molar-refractivity contribution in [2.75, 3.05) is 13.4 Å². The Balaban J connectivity index is 1.95. The first-order valence-corrected chi connectivity index (χ1v) is 6.54. The highest BCUT2D eigenvalue weighted by Gasteiger charge is 2.19. The van der Waals surface area contributed by atoms with E-state index in [9.17, 15) is 9.50 Å². The van der Waals surface area contributed by atoms with Gasteiger partial charge in [-0.3, -0.25) is 0 Å². The minimum atomic E-state index is -0.262. The largest absolute Gasteiger partial charge is 0.454 e. The third-order valence-corrected chi connectivity index (χ3v) is 3.49. The van der Waals surface area contributed by atoms with Crippen molar-refractivity contribution >= 4 is 0 Å². The smallest absolute Gasteiger partial charge is 0.231 e. The van der Waals surface area contributed by atoms with Gasteiger partial charge in [0.25, 0.3) is 0 Å². The third-order valence-electron chi connectivity index (χ3n) is 3.49. The topological polar surface area (TPSA) is 38.7 Å². The van der Waals surface area contributed by atoms with Gasteiger partial charge in [-0.15, -0.1) is 0 Å². The molecule has 0 spiro atoms. The van der Waals surface area contributed by atoms with E-state index in [1.807, 2.05) is 18.2 Å². The predicted octanol–water partition coefficient (Wildman–Crippen LogP) is 3.07. The van der Waals surface area contributed by atoms with Crippen molar-refractivity contribution in [3.8, 4) is 11.5 Å². The Labute approximate surface area is 116 Å². The molecule has 0 amide bonds. The van der Waals surface area contributed by atoms with E-state index in [-0.39, 0.29) is 25.1 Å². The maximum Gasteiger partial charge on any atom is 0.231 e. The standard InChI is InChI=1S/C16H15FO3/c17-13-4-1-11(2-5-13)14(7-8-18)12-3-6-15-16(9-12)20-10-19-15/h1-6,9,14,18H,7-8,10H2. The van der Waals surface area contributed by atoms with Gasteiger partial charge in [0.05, 0.1) is 0 Å². The van der Waals surface area contributed by atoms with Gasteiger partial charge in [0.1, 0.15) is 5.82 Å². The highest BCUT2D eigenvalue weighted by Crippen LogP contribution is 2.37. The molecule has 2 aromatic rings. The Morgan fingerprint density at radius 2 is 1.70 bits per heavy atom. The first-order valence-electron chi connectivity index (χ1n) is 6.54. The number of ether oxygens (including phenoxy) is 2. The van der Waals surface area contributed by atoms with Crippen LogP contribution in [-0.2, 0) is 0 Å². The van der Waals surface area contributed by atoms with Crippen molar-refractivity contribution in [1.29, 1.82) is 0 Å². The number of aliphatic hydroxyl groups is 1. The molecule has 0 aromatic heterocycles. The van der Waals surface area contributed by atoms with E-state index in [1.165, 1.54) is 12.1 Å². The molecular weight excluding hydrogens is 259 g/mol. The first kappa shape index (κ1) is 12.9. The second-order valence-electron chi connectivity index (χ2n) is 4.73. The molecule has 4 heteroatoms. The summed E-state index contributed by atoms with van der Waals surface area (Å²) in [6, 6.07) is 12.1. The van der Waals surface area contributed by atoms with Crippen LogP contribution in [0.5, 0.6) is 11.5 Å². The van der Waals surface area contributed by atoms with Gasteiger partial charge in [0.15, 0.2) is 11.5 Å². The molecule has 1 N–H and O–H groups in total. The van der Waals surface area contributed by atoms with Crippen LogP contribution in [0.25, 0.3) is 0 Å². The number of hydrogen-bond donors (Lipinski definition) is 1. The van der Waals surface area contributed by atoms with Gasteiger partial charge < -0.3 is 14.6 Å². The summed E-state index contributed by atoms with van der Waals surface area (Å²) >= 11 is 0. The average molecular weight is 274 g/mol. The van der Waals surface area contributed by atoms with E-state index in [4.69, 9.17) is 9.47 Å². The van der Waals surface area contributed by atoms with Crippen molar-refractivity contribution in [2.45, 2.75) is 12.3 Å². The van der Waals surface area contributed by atoms with Crippen LogP contribution in [0.1, 0.15) is 23.5 Å². The minimum absolute atomic E-state index is 0.00935. The Hall–Kier alpha value is -2.07. The van der Waals surface area contributed by atoms with Gasteiger partial charge in [0.2, 0.25) is 6.79 Å². The molecule has 20 heavy (non-hydrogen) atoms. The normalized spacial score (nSPS) is 14.3. The fourth-order valence-electron chi connectivity index (χ4n) is 2.48. The quantitative estimate of drug-likeness (QED) is 0.931. The molecule has 0 saturated carbocycles. The second-order valence-corrected chi connectivity index (χ2v) is 4.73. The van der Waals surface area contributed by atoms with Crippen molar-refractivity contribution in [3.05, 3.63) is 59.4 Å². The molecule has 104 valence electrons. The summed E-state index contributed by atoms with van der Waals surface area (Å²) in [6.07, 6.45) is 0.575. The summed E-state index contributed by atoms with van der Waals surface area (Å²) in [5.41, 5.74) is 1.99. The molecular formula is C16H15FO3. The highest BCUT2D eigenvalue weighted by atomic mass is 19.1. The van der Waals surface area contributed by atoms with Crippen LogP contribution >= 0.6 is 0 Å². The van der Waals surface area contributed by atoms with Crippen LogP contribution in [-0.4, -0.2) is 18.5 Å². The molecule has 0 bridgehead atoms. The van der Waals surface area contributed by atoms with Crippen LogP contribution in [0, 0.1) is 5.82 Å². The molecule has 1 unspecified atom stereocenters. The lowest BCUT2D eigenvalue weighted by Gasteiger charge is -2.17. The monoisotopic (exact) mass is 274 g/mol. The molecule has 0 saturated heterocycles. The summed E-state index contributed by atoms with van der Waals surface area (Å²) < 4.78 is 23.7. The Kier molecular flexibility index (Phi) is 3.56. The van der Waals surface area contributed by atoms with E-state index in [2.05, 4.69) is 0 Å². The molecule has 2 aromatic carbocycles. The van der Waals surface area contributed by atoms with Gasteiger partial charge >= 0.3 is 0 Å². The van der Waals surface area contributed by atoms with Gasteiger partial charge in [-0.1, -0.05) is 18.2 Å². The van der Waals surface area contributed by atoms with E-state index in [0.29, 0.717) is 12.2 Å². The number of hydrogen-bond acceptors (Lipinski definition) is 3. The molecule has 0 radical (unpaired) electrons. The minimum Gasteiger partial charge on any atom is -0.454 e. The first-order chi connectivity index (χ1) is 9.78. The van der Waals surface area contributed by atoms with Crippen LogP contribution in [0.4, 0.5) is 4.39 Å². The van der Waals surface area contributed by atoms with E-state index in [1.54, 1.807) is 12.1 Å². The van der Waals surface area contributed by atoms with E-state index >= 15 is 0 Å². The fraction of sp³-hybridized carbons (Fsp3) is 0.250. The molecule has 1 aliphatic heterocycles. The van der Waals surface area contributed by atoms with Crippen LogP contribution in [0.15, 0.2) is 42.5 Å². The Bertz CT molecular complexity index is 595. The van der Waals surface area contributed by atoms with Crippen molar-refractivity contribution in [1.82, 2.24) is 0 Å². The molecule has 1 atom stereocenters. The maximum atomic E-state index is 13.0. The van der Waals surface area contributed by atoms with Crippen molar-refractivity contribution < 1.29 is 19.0 Å². The van der Waals surface area contributed by atoms with Crippen LogP contribution < -0.4 is 9.47 Å². The lowest BCUT2D eigenvalue weighted by molar-refractivity contribution is 0.174. The summed E-state index contributed by atoms with van der Waals surface area (Å²) in [5, 5.41) is 9.28. The number of rotatable bonds is 4. The third kappa shape index (κ3) is 2.47. The van der Waals surface area contributed by atoms with E-state index < -0.39 is 0 Å². The molecule has 0 fully saturated rings. The molecule has 0 aliphatic carbocycles. The van der Waals surface area contributed by atoms with Crippen LogP contribution in [0.3, 0.4) is 0 Å². The zero-order chi connectivity index (χ0) is 13.9. The number of aliphatic hydroxyl groups excluding tert-OH is 1. The Morgan fingerprint density at radius 1 is 1.00 bits per heavy atom. The lowest BCUT2D eigenvalue weighted by Crippen LogP contribution is -2.04. The van der Waals surface area contributed by atoms with Crippen molar-refractivity contribution in [3.63, 3.8) is 0 Å². The second kappa shape index (κ2) is 5.51. The summed E-state index contributed by atoms with van der Waals surface area (Å²) in [7, 11) is 0. The van der Waals surface area contributed by atoms with E-state index in [0.717, 1.165) is 16.9 Å². The SMILES string of the molecule is OCCC(c1ccc(F)cc1)c1ccc2c(c1)OCO2. The van der Waals surface area contributed by atoms with Gasteiger partial charge in [-0.05, 0) is 41.8 Å².